The lowest BCUT2D eigenvalue weighted by molar-refractivity contribution is -0.137. The molecule has 1 aliphatic rings. The van der Waals surface area contributed by atoms with Crippen LogP contribution in [0.5, 0.6) is 0 Å². The average molecular weight is 534 g/mol. The smallest absolute Gasteiger partial charge is 0.254 e. The summed E-state index contributed by atoms with van der Waals surface area (Å²) in [6.07, 6.45) is 0.0761. The van der Waals surface area contributed by atoms with E-state index in [4.69, 9.17) is 0 Å². The van der Waals surface area contributed by atoms with Crippen molar-refractivity contribution in [1.29, 1.82) is 0 Å². The molecule has 4 atom stereocenters. The van der Waals surface area contributed by atoms with Crippen LogP contribution in [0.3, 0.4) is 0 Å². The molecule has 3 amide bonds. The highest BCUT2D eigenvalue weighted by Crippen LogP contribution is 2.31. The molecule has 0 radical (unpaired) electrons. The van der Waals surface area contributed by atoms with Crippen molar-refractivity contribution >= 4 is 23.3 Å². The molecule has 0 fully saturated rings. The van der Waals surface area contributed by atoms with E-state index >= 15 is 0 Å². The van der Waals surface area contributed by atoms with E-state index in [1.807, 2.05) is 66.7 Å². The molecule has 1 heterocycles. The largest absolute Gasteiger partial charge is 0.378 e. The van der Waals surface area contributed by atoms with Crippen LogP contribution < -0.4 is 10.6 Å². The van der Waals surface area contributed by atoms with Crippen molar-refractivity contribution < 1.29 is 28.3 Å². The summed E-state index contributed by atoms with van der Waals surface area (Å²) in [6, 6.07) is 19.1. The Morgan fingerprint density at radius 3 is 2.15 bits per heavy atom. The first-order valence-corrected chi connectivity index (χ1v) is 12.4. The van der Waals surface area contributed by atoms with E-state index in [0.29, 0.717) is 12.6 Å². The van der Waals surface area contributed by atoms with Crippen molar-refractivity contribution in [2.45, 2.75) is 31.0 Å². The van der Waals surface area contributed by atoms with E-state index in [1.54, 1.807) is 7.05 Å². The molecule has 202 valence electrons. The van der Waals surface area contributed by atoms with Crippen LogP contribution in [-0.2, 0) is 14.4 Å². The van der Waals surface area contributed by atoms with Crippen LogP contribution in [0.1, 0.15) is 35.6 Å². The third-order valence-corrected chi connectivity index (χ3v) is 6.62. The summed E-state index contributed by atoms with van der Waals surface area (Å²) < 4.78 is 27.1. The number of halogens is 2. The van der Waals surface area contributed by atoms with Gasteiger partial charge in [-0.3, -0.25) is 14.4 Å². The Bertz CT molecular complexity index is 1360. The number of nitrogens with one attached hydrogen (secondary N) is 2. The van der Waals surface area contributed by atoms with Gasteiger partial charge in [0.15, 0.2) is 6.10 Å². The van der Waals surface area contributed by atoms with Crippen molar-refractivity contribution in [3.8, 4) is 0 Å². The summed E-state index contributed by atoms with van der Waals surface area (Å²) in [5, 5.41) is 15.4. The third kappa shape index (κ3) is 6.56. The summed E-state index contributed by atoms with van der Waals surface area (Å²) in [5.74, 6) is -4.40. The molecule has 0 bridgehead atoms. The maximum absolute atomic E-state index is 13.5. The SMILES string of the molecule is C[C@H](NC(=O)[C@@H](O)c1cc(F)cc(F)c1)C(=O)N[C@@H]1C(=O)N(C)CC(c2ccccc2)=C[C@H]1c1ccccc1. The van der Waals surface area contributed by atoms with E-state index in [9.17, 15) is 28.3 Å². The van der Waals surface area contributed by atoms with E-state index in [1.165, 1.54) is 11.8 Å². The van der Waals surface area contributed by atoms with E-state index in [2.05, 4.69) is 10.6 Å². The number of rotatable bonds is 7. The molecule has 0 spiro atoms. The highest BCUT2D eigenvalue weighted by Gasteiger charge is 2.36. The predicted molar refractivity (Wildman–Crippen MR) is 142 cm³/mol. The van der Waals surface area contributed by atoms with Gasteiger partial charge >= 0.3 is 0 Å². The number of benzene rings is 3. The number of carbonyl (C=O) groups is 3. The van der Waals surface area contributed by atoms with Gasteiger partial charge in [0.2, 0.25) is 11.8 Å². The second-order valence-electron chi connectivity index (χ2n) is 9.51. The first kappa shape index (κ1) is 27.7. The third-order valence-electron chi connectivity index (χ3n) is 6.62. The van der Waals surface area contributed by atoms with Gasteiger partial charge in [-0.25, -0.2) is 8.78 Å². The van der Waals surface area contributed by atoms with E-state index in [-0.39, 0.29) is 11.5 Å². The fourth-order valence-corrected chi connectivity index (χ4v) is 4.57. The monoisotopic (exact) mass is 533 g/mol. The van der Waals surface area contributed by atoms with Crippen LogP contribution in [0.4, 0.5) is 8.78 Å². The number of amides is 3. The van der Waals surface area contributed by atoms with Crippen LogP contribution >= 0.6 is 0 Å². The predicted octanol–water partition coefficient (Wildman–Crippen LogP) is 3.33. The Kier molecular flexibility index (Phi) is 8.51. The Hall–Kier alpha value is -4.37. The molecule has 0 unspecified atom stereocenters. The van der Waals surface area contributed by atoms with Crippen molar-refractivity contribution in [3.05, 3.63) is 113 Å². The van der Waals surface area contributed by atoms with Crippen LogP contribution in [0.2, 0.25) is 0 Å². The fraction of sp³-hybridized carbons (Fsp3) is 0.233. The molecular weight excluding hydrogens is 504 g/mol. The summed E-state index contributed by atoms with van der Waals surface area (Å²) in [5.41, 5.74) is 2.40. The minimum atomic E-state index is -1.90. The maximum atomic E-state index is 13.5. The number of nitrogens with zero attached hydrogens (tertiary/aromatic N) is 1. The van der Waals surface area contributed by atoms with Crippen LogP contribution in [0, 0.1) is 11.6 Å². The zero-order valence-electron chi connectivity index (χ0n) is 21.5. The second-order valence-corrected chi connectivity index (χ2v) is 9.51. The summed E-state index contributed by atoms with van der Waals surface area (Å²) in [6.45, 7) is 1.72. The van der Waals surface area contributed by atoms with Crippen LogP contribution in [-0.4, -0.2) is 53.4 Å². The molecule has 9 heteroatoms. The maximum Gasteiger partial charge on any atom is 0.254 e. The van der Waals surface area contributed by atoms with Crippen molar-refractivity contribution in [2.24, 2.45) is 0 Å². The Balaban J connectivity index is 1.57. The number of hydrogen-bond acceptors (Lipinski definition) is 4. The lowest BCUT2D eigenvalue weighted by Gasteiger charge is -2.28. The van der Waals surface area contributed by atoms with Gasteiger partial charge in [0.1, 0.15) is 23.7 Å². The Labute approximate surface area is 225 Å². The number of aliphatic hydroxyl groups is 1. The first-order valence-electron chi connectivity index (χ1n) is 12.4. The summed E-state index contributed by atoms with van der Waals surface area (Å²) >= 11 is 0. The van der Waals surface area contributed by atoms with Gasteiger partial charge in [0.25, 0.3) is 5.91 Å². The molecule has 0 aromatic heterocycles. The van der Waals surface area contributed by atoms with Crippen LogP contribution in [0.25, 0.3) is 5.57 Å². The van der Waals surface area contributed by atoms with Gasteiger partial charge in [0, 0.05) is 25.6 Å². The highest BCUT2D eigenvalue weighted by molar-refractivity contribution is 5.94. The van der Waals surface area contributed by atoms with Gasteiger partial charge in [-0.15, -0.1) is 0 Å². The van der Waals surface area contributed by atoms with Crippen LogP contribution in [0.15, 0.2) is 84.9 Å². The molecule has 1 aliphatic heterocycles. The van der Waals surface area contributed by atoms with Gasteiger partial charge in [-0.2, -0.15) is 0 Å². The zero-order chi connectivity index (χ0) is 28.1. The minimum Gasteiger partial charge on any atom is -0.378 e. The Morgan fingerprint density at radius 2 is 1.54 bits per heavy atom. The number of aliphatic hydroxyl groups excluding tert-OH is 1. The second kappa shape index (κ2) is 12.0. The molecule has 3 aromatic carbocycles. The first-order chi connectivity index (χ1) is 18.6. The fourth-order valence-electron chi connectivity index (χ4n) is 4.57. The van der Waals surface area contributed by atoms with Crippen molar-refractivity contribution in [1.82, 2.24) is 15.5 Å². The topological polar surface area (TPSA) is 98.7 Å². The minimum absolute atomic E-state index is 0.291. The Morgan fingerprint density at radius 1 is 0.949 bits per heavy atom. The van der Waals surface area contributed by atoms with Gasteiger partial charge in [-0.05, 0) is 41.3 Å². The van der Waals surface area contributed by atoms with Gasteiger partial charge in [-0.1, -0.05) is 66.7 Å². The summed E-state index contributed by atoms with van der Waals surface area (Å²) in [7, 11) is 1.66. The lowest BCUT2D eigenvalue weighted by atomic mass is 9.88. The molecule has 0 saturated carbocycles. The zero-order valence-corrected chi connectivity index (χ0v) is 21.5. The van der Waals surface area contributed by atoms with Crippen molar-refractivity contribution in [3.63, 3.8) is 0 Å². The molecule has 3 N–H and O–H groups in total. The molecule has 0 saturated heterocycles. The molecule has 0 aliphatic carbocycles. The number of carbonyl (C=O) groups excluding carboxylic acids is 3. The average Bonchev–Trinajstić information content (AvgIpc) is 3.05. The van der Waals surface area contributed by atoms with Crippen molar-refractivity contribution in [2.75, 3.05) is 13.6 Å². The molecule has 39 heavy (non-hydrogen) atoms. The molecule has 4 rings (SSSR count). The van der Waals surface area contributed by atoms with Gasteiger partial charge < -0.3 is 20.6 Å². The lowest BCUT2D eigenvalue weighted by Crippen LogP contribution is -2.54. The normalized spacial score (nSPS) is 18.9. The molecular formula is C30H29F2N3O4. The molecule has 7 nitrogen and oxygen atoms in total. The van der Waals surface area contributed by atoms with Gasteiger partial charge in [0.05, 0.1) is 0 Å². The highest BCUT2D eigenvalue weighted by atomic mass is 19.1. The van der Waals surface area contributed by atoms with E-state index in [0.717, 1.165) is 28.8 Å². The number of likely N-dealkylation sites (N-methyl/N-ethyl adjacent to an activating group) is 1. The van der Waals surface area contributed by atoms with E-state index < -0.39 is 47.6 Å². The molecule has 3 aromatic rings. The standard InChI is InChI=1S/C30H29F2N3O4/c1-18(33-29(38)27(36)21-13-23(31)16-24(32)14-21)28(37)34-26-25(20-11-7-4-8-12-20)15-22(17-35(2)30(26)39)19-9-5-3-6-10-19/h3-16,18,25-27,36H,17H2,1-2H3,(H,33,38)(H,34,37)/t18-,25-,26-,27-/m0/s1. The number of hydrogen-bond donors (Lipinski definition) is 3. The quantitative estimate of drug-likeness (QED) is 0.434. The summed E-state index contributed by atoms with van der Waals surface area (Å²) in [4.78, 5) is 40.8.